The highest BCUT2D eigenvalue weighted by Crippen LogP contribution is 2.37. The Hall–Kier alpha value is -4.25. The molecule has 2 saturated carbocycles. The van der Waals surface area contributed by atoms with E-state index < -0.39 is 30.1 Å². The summed E-state index contributed by atoms with van der Waals surface area (Å²) in [5, 5.41) is 0. The van der Waals surface area contributed by atoms with Crippen LogP contribution in [0.2, 0.25) is 0 Å². The van der Waals surface area contributed by atoms with Crippen LogP contribution < -0.4 is 0 Å². The van der Waals surface area contributed by atoms with Crippen molar-refractivity contribution in [2.24, 2.45) is 47.3 Å². The maximum Gasteiger partial charge on any atom is 0.313 e. The van der Waals surface area contributed by atoms with Crippen molar-refractivity contribution in [3.8, 4) is 0 Å². The van der Waals surface area contributed by atoms with E-state index in [2.05, 4.69) is 0 Å². The van der Waals surface area contributed by atoms with Gasteiger partial charge in [0.25, 0.3) is 0 Å². The number of nitrogens with zero attached hydrogens (tertiary/aromatic N) is 3. The first-order chi connectivity index (χ1) is 30.5. The summed E-state index contributed by atoms with van der Waals surface area (Å²) in [6.45, 7) is 20.7. The highest BCUT2D eigenvalue weighted by Gasteiger charge is 2.50. The van der Waals surface area contributed by atoms with Crippen molar-refractivity contribution in [3.63, 3.8) is 0 Å². The summed E-state index contributed by atoms with van der Waals surface area (Å²) < 4.78 is 26.6. The SMILES string of the molecule is C.C.C.C.C.C.CC1C(=O)N(C2CCC(C(=O)OC3CCCCO3)CC2)C(=O)C1C.CC1C(=O)N(CCC(=O)OC(C)(C)C)C(=O)C1C.CCOC(C)OC(=O)C1CCCCC1N1C(=O)C(C)C(C)C1=O. The van der Waals surface area contributed by atoms with E-state index in [9.17, 15) is 43.2 Å². The normalized spacial score (nSPS) is 29.6. The molecular formula is C54H99N3O14. The molecule has 0 spiro atoms. The van der Waals surface area contributed by atoms with Crippen molar-refractivity contribution in [1.29, 1.82) is 0 Å². The molecule has 0 radical (unpaired) electrons. The van der Waals surface area contributed by atoms with Gasteiger partial charge in [-0.25, -0.2) is 0 Å². The van der Waals surface area contributed by atoms with Gasteiger partial charge in [-0.05, 0) is 86.0 Å². The molecule has 6 fully saturated rings. The molecule has 414 valence electrons. The second-order valence-corrected chi connectivity index (χ2v) is 19.6. The summed E-state index contributed by atoms with van der Waals surface area (Å²) in [5.74, 6) is -4.08. The van der Waals surface area contributed by atoms with Gasteiger partial charge in [0.2, 0.25) is 41.7 Å². The fraction of sp³-hybridized carbons (Fsp3) is 0.833. The zero-order valence-corrected chi connectivity index (χ0v) is 40.6. The van der Waals surface area contributed by atoms with Gasteiger partial charge in [-0.15, -0.1) is 0 Å². The lowest BCUT2D eigenvalue weighted by Gasteiger charge is -2.36. The molecule has 6 rings (SSSR count). The first-order valence-electron chi connectivity index (χ1n) is 24.0. The summed E-state index contributed by atoms with van der Waals surface area (Å²) in [7, 11) is 0. The van der Waals surface area contributed by atoms with Crippen LogP contribution in [0.3, 0.4) is 0 Å². The van der Waals surface area contributed by atoms with Crippen molar-refractivity contribution in [2.45, 2.75) is 228 Å². The third kappa shape index (κ3) is 18.0. The molecule has 0 aromatic rings. The zero-order chi connectivity index (χ0) is 48.5. The van der Waals surface area contributed by atoms with Gasteiger partial charge in [0, 0.05) is 61.1 Å². The second-order valence-electron chi connectivity index (χ2n) is 19.6. The van der Waals surface area contributed by atoms with Gasteiger partial charge in [-0.2, -0.15) is 0 Å². The molecule has 10 unspecified atom stereocenters. The smallest absolute Gasteiger partial charge is 0.313 e. The van der Waals surface area contributed by atoms with E-state index in [-0.39, 0.29) is 158 Å². The van der Waals surface area contributed by atoms with Gasteiger partial charge in [0.05, 0.1) is 30.9 Å². The average molecular weight is 1010 g/mol. The van der Waals surface area contributed by atoms with Crippen molar-refractivity contribution in [2.75, 3.05) is 19.8 Å². The Labute approximate surface area is 428 Å². The molecule has 6 aliphatic rings. The van der Waals surface area contributed by atoms with Crippen molar-refractivity contribution in [3.05, 3.63) is 0 Å². The predicted octanol–water partition coefficient (Wildman–Crippen LogP) is 9.54. The first kappa shape index (κ1) is 71.0. The molecule has 0 N–H and O–H groups in total. The van der Waals surface area contributed by atoms with Gasteiger partial charge in [0.15, 0.2) is 6.29 Å². The molecule has 0 bridgehead atoms. The van der Waals surface area contributed by atoms with Crippen LogP contribution in [0.4, 0.5) is 0 Å². The van der Waals surface area contributed by atoms with Crippen LogP contribution in [-0.2, 0) is 66.8 Å². The van der Waals surface area contributed by atoms with Crippen molar-refractivity contribution >= 4 is 53.4 Å². The maximum atomic E-state index is 12.5. The van der Waals surface area contributed by atoms with E-state index in [0.29, 0.717) is 51.7 Å². The van der Waals surface area contributed by atoms with Crippen LogP contribution in [-0.4, -0.2) is 118 Å². The number of carbonyl (C=O) groups is 9. The van der Waals surface area contributed by atoms with Crippen LogP contribution in [0, 0.1) is 47.3 Å². The minimum Gasteiger partial charge on any atom is -0.460 e. The summed E-state index contributed by atoms with van der Waals surface area (Å²) >= 11 is 0. The molecule has 71 heavy (non-hydrogen) atoms. The Morgan fingerprint density at radius 3 is 1.51 bits per heavy atom. The number of carbonyl (C=O) groups excluding carboxylic acids is 9. The molecule has 4 aliphatic heterocycles. The van der Waals surface area contributed by atoms with E-state index in [0.717, 1.165) is 32.1 Å². The van der Waals surface area contributed by atoms with E-state index >= 15 is 0 Å². The zero-order valence-electron chi connectivity index (χ0n) is 40.6. The van der Waals surface area contributed by atoms with E-state index in [1.54, 1.807) is 55.4 Å². The molecule has 4 saturated heterocycles. The molecule has 6 amide bonds. The lowest BCUT2D eigenvalue weighted by Crippen LogP contribution is -2.49. The largest absolute Gasteiger partial charge is 0.460 e. The minimum atomic E-state index is -0.613. The highest BCUT2D eigenvalue weighted by molar-refractivity contribution is 6.06. The number of esters is 3. The van der Waals surface area contributed by atoms with Gasteiger partial charge in [0.1, 0.15) is 5.60 Å². The Bertz CT molecular complexity index is 1690. The topological polar surface area (TPSA) is 209 Å². The molecule has 0 aromatic carbocycles. The fourth-order valence-corrected chi connectivity index (χ4v) is 9.30. The predicted molar refractivity (Wildman–Crippen MR) is 275 cm³/mol. The van der Waals surface area contributed by atoms with Gasteiger partial charge >= 0.3 is 17.9 Å². The van der Waals surface area contributed by atoms with Crippen LogP contribution in [0.15, 0.2) is 0 Å². The van der Waals surface area contributed by atoms with Gasteiger partial charge < -0.3 is 23.7 Å². The van der Waals surface area contributed by atoms with Crippen LogP contribution >= 0.6 is 0 Å². The second kappa shape index (κ2) is 31.4. The molecule has 4 heterocycles. The van der Waals surface area contributed by atoms with E-state index in [1.807, 2.05) is 20.8 Å². The van der Waals surface area contributed by atoms with Crippen LogP contribution in [0.25, 0.3) is 0 Å². The number of hydrogen-bond acceptors (Lipinski definition) is 14. The summed E-state index contributed by atoms with van der Waals surface area (Å²) in [4.78, 5) is 113. The molecule has 2 aliphatic carbocycles. The van der Waals surface area contributed by atoms with Crippen LogP contribution in [0.5, 0.6) is 0 Å². The highest BCUT2D eigenvalue weighted by atomic mass is 16.7. The number of ether oxygens (including phenoxy) is 5. The number of hydrogen-bond donors (Lipinski definition) is 0. The van der Waals surface area contributed by atoms with E-state index in [4.69, 9.17) is 23.7 Å². The number of rotatable bonds is 11. The van der Waals surface area contributed by atoms with E-state index in [1.165, 1.54) is 14.7 Å². The Kier molecular flexibility index (Phi) is 31.4. The molecule has 17 nitrogen and oxygen atoms in total. The standard InChI is InChI=1S/C18H27NO5.C17H27NO5.C13H21NO4.6CH4/c1-11-12(2)17(21)19(16(11)20)14-8-6-13(7-9-14)18(22)24-15-5-3-4-10-23-15;1-5-22-12(4)23-17(21)13-8-6-7-9-14(13)18-15(19)10(2)11(3)16(18)20;1-8-9(2)12(17)14(11(8)16)7-6-10(15)18-13(3,4)5;;;;;;/h11-15H,3-10H2,1-2H3;10-14H,5-9H2,1-4H3;8-9H,6-7H2,1-5H3;6*1H4. The fourth-order valence-electron chi connectivity index (χ4n) is 9.30. The first-order valence-corrected chi connectivity index (χ1v) is 24.0. The van der Waals surface area contributed by atoms with Gasteiger partial charge in [-0.1, -0.05) is 98.9 Å². The quantitative estimate of drug-likeness (QED) is 0.0817. The number of amides is 6. The number of imide groups is 3. The maximum absolute atomic E-state index is 12.5. The lowest BCUT2D eigenvalue weighted by atomic mass is 9.83. The minimum absolute atomic E-state index is 0. The van der Waals surface area contributed by atoms with Gasteiger partial charge in [-0.3, -0.25) is 57.9 Å². The molecule has 17 heteroatoms. The number of likely N-dealkylation sites (tertiary alicyclic amines) is 3. The lowest BCUT2D eigenvalue weighted by molar-refractivity contribution is -0.192. The summed E-state index contributed by atoms with van der Waals surface area (Å²) in [6.07, 6.45) is 7.68. The Morgan fingerprint density at radius 2 is 1.06 bits per heavy atom. The van der Waals surface area contributed by atoms with Crippen molar-refractivity contribution < 1.29 is 66.8 Å². The molecule has 10 atom stereocenters. The summed E-state index contributed by atoms with van der Waals surface area (Å²) in [5.41, 5.74) is -0.545. The Balaban J connectivity index is -0.000000947. The summed E-state index contributed by atoms with van der Waals surface area (Å²) in [6, 6.07) is -0.440. The molecular weight excluding hydrogens is 915 g/mol. The third-order valence-corrected chi connectivity index (χ3v) is 13.9. The Morgan fingerprint density at radius 1 is 0.606 bits per heavy atom. The monoisotopic (exact) mass is 1010 g/mol. The van der Waals surface area contributed by atoms with Crippen molar-refractivity contribution in [1.82, 2.24) is 14.7 Å². The third-order valence-electron chi connectivity index (χ3n) is 13.9. The van der Waals surface area contributed by atoms with Crippen LogP contribution in [0.1, 0.15) is 198 Å². The molecule has 0 aromatic heterocycles. The average Bonchev–Trinajstić information content (AvgIpc) is 3.67.